The summed E-state index contributed by atoms with van der Waals surface area (Å²) in [7, 11) is 5.29. The highest BCUT2D eigenvalue weighted by Gasteiger charge is 2.39. The van der Waals surface area contributed by atoms with Gasteiger partial charge < -0.3 is 14.4 Å². The lowest BCUT2D eigenvalue weighted by molar-refractivity contribution is -0.122. The fourth-order valence-corrected chi connectivity index (χ4v) is 5.70. The summed E-state index contributed by atoms with van der Waals surface area (Å²) in [6.45, 7) is 2.78. The van der Waals surface area contributed by atoms with E-state index >= 15 is 0 Å². The number of carbonyl (C=O) groups excluding carboxylic acids is 1. The molecular weight excluding hydrogens is 430 g/mol. The van der Waals surface area contributed by atoms with Crippen LogP contribution in [0.3, 0.4) is 0 Å². The molecule has 8 heteroatoms. The fraction of sp³-hybridized carbons (Fsp3) is 0.304. The number of ether oxygens (including phenoxy) is 2. The average molecular weight is 456 g/mol. The number of anilines is 1. The number of benzene rings is 2. The molecule has 1 amide bonds. The summed E-state index contributed by atoms with van der Waals surface area (Å²) in [5, 5.41) is 1.65. The third-order valence-electron chi connectivity index (χ3n) is 5.13. The lowest BCUT2D eigenvalue weighted by Gasteiger charge is -2.16. The number of nitrogens with zero attached hydrogens (tertiary/aromatic N) is 3. The lowest BCUT2D eigenvalue weighted by atomic mass is 10.3. The van der Waals surface area contributed by atoms with Crippen LogP contribution in [0.25, 0.3) is 0 Å². The average Bonchev–Trinajstić information content (AvgIpc) is 3.28. The minimum Gasteiger partial charge on any atom is -0.497 e. The SMILES string of the molecule is CCCCN1C(=O)/C(=C2/Sc3ccc(OC)cc3N2C)SC1=Nc1ccc(OC)cc1. The fourth-order valence-electron chi connectivity index (χ4n) is 3.35. The van der Waals surface area contributed by atoms with E-state index in [0.717, 1.165) is 45.6 Å². The van der Waals surface area contributed by atoms with Gasteiger partial charge in [0.25, 0.3) is 5.91 Å². The summed E-state index contributed by atoms with van der Waals surface area (Å²) in [4.78, 5) is 23.9. The molecule has 0 aromatic heterocycles. The standard InChI is InChI=1S/C23H25N3O3S2/c1-5-6-13-26-21(27)20(31-23(26)24-15-7-9-16(28-3)10-8-15)22-25(2)18-14-17(29-4)11-12-19(18)30-22/h7-12,14H,5-6,13H2,1-4H3/b22-20-,24-23?. The molecule has 0 aliphatic carbocycles. The second kappa shape index (κ2) is 9.28. The number of thioether (sulfide) groups is 2. The molecule has 2 aromatic rings. The van der Waals surface area contributed by atoms with Crippen LogP contribution in [0.4, 0.5) is 11.4 Å². The van der Waals surface area contributed by atoms with Gasteiger partial charge in [-0.05, 0) is 54.6 Å². The van der Waals surface area contributed by atoms with Crippen molar-refractivity contribution in [1.82, 2.24) is 4.90 Å². The summed E-state index contributed by atoms with van der Waals surface area (Å²) in [6.07, 6.45) is 1.94. The molecule has 2 aromatic carbocycles. The van der Waals surface area contributed by atoms with E-state index in [1.807, 2.05) is 49.5 Å². The Labute approximate surface area is 191 Å². The first-order valence-corrected chi connectivity index (χ1v) is 11.7. The van der Waals surface area contributed by atoms with Crippen molar-refractivity contribution < 1.29 is 14.3 Å². The molecule has 0 saturated carbocycles. The molecule has 0 atom stereocenters. The smallest absolute Gasteiger partial charge is 0.269 e. The third-order valence-corrected chi connectivity index (χ3v) is 7.56. The summed E-state index contributed by atoms with van der Waals surface area (Å²) in [5.41, 5.74) is 1.84. The van der Waals surface area contributed by atoms with Crippen molar-refractivity contribution >= 4 is 46.0 Å². The van der Waals surface area contributed by atoms with Gasteiger partial charge in [-0.2, -0.15) is 0 Å². The van der Waals surface area contributed by atoms with Crippen LogP contribution in [-0.2, 0) is 4.79 Å². The van der Waals surface area contributed by atoms with E-state index in [4.69, 9.17) is 14.5 Å². The van der Waals surface area contributed by atoms with Crippen molar-refractivity contribution in [3.8, 4) is 11.5 Å². The topological polar surface area (TPSA) is 54.4 Å². The van der Waals surface area contributed by atoms with E-state index in [0.29, 0.717) is 16.6 Å². The number of methoxy groups -OCH3 is 2. The van der Waals surface area contributed by atoms with Gasteiger partial charge in [-0.1, -0.05) is 25.1 Å². The minimum absolute atomic E-state index is 0.0137. The zero-order chi connectivity index (χ0) is 22.0. The van der Waals surface area contributed by atoms with Crippen LogP contribution < -0.4 is 14.4 Å². The molecule has 1 saturated heterocycles. The van der Waals surface area contributed by atoms with Crippen LogP contribution in [-0.4, -0.2) is 43.8 Å². The van der Waals surface area contributed by atoms with Gasteiger partial charge in [0, 0.05) is 24.6 Å². The number of hydrogen-bond donors (Lipinski definition) is 0. The molecule has 162 valence electrons. The second-order valence-electron chi connectivity index (χ2n) is 7.13. The second-order valence-corrected chi connectivity index (χ2v) is 9.14. The van der Waals surface area contributed by atoms with Gasteiger partial charge in [0.1, 0.15) is 16.4 Å². The number of unbranched alkanes of at least 4 members (excludes halogenated alkanes) is 1. The van der Waals surface area contributed by atoms with Crippen molar-refractivity contribution in [2.24, 2.45) is 4.99 Å². The number of carbonyl (C=O) groups is 1. The summed E-state index contributed by atoms with van der Waals surface area (Å²) in [5.74, 6) is 1.59. The lowest BCUT2D eigenvalue weighted by Crippen LogP contribution is -2.30. The summed E-state index contributed by atoms with van der Waals surface area (Å²) in [6, 6.07) is 13.5. The maximum Gasteiger partial charge on any atom is 0.269 e. The maximum absolute atomic E-state index is 13.4. The first kappa shape index (κ1) is 21.6. The molecule has 0 radical (unpaired) electrons. The predicted octanol–water partition coefficient (Wildman–Crippen LogP) is 5.48. The van der Waals surface area contributed by atoms with E-state index in [1.165, 1.54) is 11.8 Å². The van der Waals surface area contributed by atoms with Gasteiger partial charge in [0.05, 0.1) is 30.6 Å². The van der Waals surface area contributed by atoms with Gasteiger partial charge in [-0.25, -0.2) is 4.99 Å². The zero-order valence-electron chi connectivity index (χ0n) is 18.0. The van der Waals surface area contributed by atoms with Crippen LogP contribution >= 0.6 is 23.5 Å². The third kappa shape index (κ3) is 4.27. The monoisotopic (exact) mass is 455 g/mol. The zero-order valence-corrected chi connectivity index (χ0v) is 19.7. The van der Waals surface area contributed by atoms with Crippen LogP contribution in [0, 0.1) is 0 Å². The first-order valence-electron chi connectivity index (χ1n) is 10.1. The normalized spacial score (nSPS) is 19.4. The van der Waals surface area contributed by atoms with Gasteiger partial charge in [0.15, 0.2) is 5.17 Å². The quantitative estimate of drug-likeness (QED) is 0.538. The Hall–Kier alpha value is -2.58. The van der Waals surface area contributed by atoms with Crippen LogP contribution in [0.5, 0.6) is 11.5 Å². The molecule has 0 unspecified atom stereocenters. The van der Waals surface area contributed by atoms with Gasteiger partial charge in [-0.3, -0.25) is 9.69 Å². The van der Waals surface area contributed by atoms with Crippen LogP contribution in [0.2, 0.25) is 0 Å². The first-order chi connectivity index (χ1) is 15.0. The van der Waals surface area contributed by atoms with Crippen molar-refractivity contribution in [2.75, 3.05) is 32.7 Å². The Balaban J connectivity index is 1.69. The molecule has 0 bridgehead atoms. The molecule has 6 nitrogen and oxygen atoms in total. The van der Waals surface area contributed by atoms with E-state index in [1.54, 1.807) is 30.9 Å². The van der Waals surface area contributed by atoms with Crippen molar-refractivity contribution in [3.05, 3.63) is 52.4 Å². The van der Waals surface area contributed by atoms with Crippen LogP contribution in [0.1, 0.15) is 19.8 Å². The molecule has 2 aliphatic rings. The summed E-state index contributed by atoms with van der Waals surface area (Å²) >= 11 is 3.06. The Morgan fingerprint density at radius 2 is 1.71 bits per heavy atom. The van der Waals surface area contributed by atoms with Crippen molar-refractivity contribution in [2.45, 2.75) is 24.7 Å². The van der Waals surface area contributed by atoms with E-state index in [9.17, 15) is 4.79 Å². The molecule has 0 spiro atoms. The van der Waals surface area contributed by atoms with Gasteiger partial charge in [0.2, 0.25) is 0 Å². The van der Waals surface area contributed by atoms with Crippen LogP contribution in [0.15, 0.2) is 62.3 Å². The van der Waals surface area contributed by atoms with E-state index in [2.05, 4.69) is 11.8 Å². The Kier molecular flexibility index (Phi) is 6.48. The molecule has 1 fully saturated rings. The maximum atomic E-state index is 13.4. The van der Waals surface area contributed by atoms with Crippen molar-refractivity contribution in [3.63, 3.8) is 0 Å². The largest absolute Gasteiger partial charge is 0.497 e. The van der Waals surface area contributed by atoms with Gasteiger partial charge in [-0.15, -0.1) is 0 Å². The summed E-state index contributed by atoms with van der Waals surface area (Å²) < 4.78 is 10.6. The molecule has 2 aliphatic heterocycles. The number of aliphatic imine (C=N–C) groups is 1. The van der Waals surface area contributed by atoms with Crippen molar-refractivity contribution in [1.29, 1.82) is 0 Å². The van der Waals surface area contributed by atoms with E-state index in [-0.39, 0.29) is 5.91 Å². The molecule has 31 heavy (non-hydrogen) atoms. The highest BCUT2D eigenvalue weighted by Crippen LogP contribution is 2.51. The molecule has 2 heterocycles. The molecular formula is C23H25N3O3S2. The highest BCUT2D eigenvalue weighted by atomic mass is 32.2. The van der Waals surface area contributed by atoms with Gasteiger partial charge >= 0.3 is 0 Å². The Morgan fingerprint density at radius 3 is 2.39 bits per heavy atom. The Bertz CT molecular complexity index is 1050. The minimum atomic E-state index is 0.0137. The highest BCUT2D eigenvalue weighted by molar-refractivity contribution is 8.19. The number of rotatable bonds is 6. The predicted molar refractivity (Wildman–Crippen MR) is 129 cm³/mol. The molecule has 4 rings (SSSR count). The molecule has 0 N–H and O–H groups in total. The number of hydrogen-bond acceptors (Lipinski definition) is 7. The van der Waals surface area contributed by atoms with E-state index < -0.39 is 0 Å². The Morgan fingerprint density at radius 1 is 1.00 bits per heavy atom. The number of fused-ring (bicyclic) bond motifs is 1. The number of amidine groups is 1. The number of amides is 1.